The first kappa shape index (κ1) is 41.0. The molecule has 70 heavy (non-hydrogen) atoms. The Kier molecular flexibility index (Phi) is 9.87. The third-order valence-corrected chi connectivity index (χ3v) is 16.1. The average molecular weight is 893 g/mol. The highest BCUT2D eigenvalue weighted by Gasteiger charge is 2.26. The van der Waals surface area contributed by atoms with E-state index < -0.39 is 0 Å². The molecule has 0 saturated carbocycles. The second kappa shape index (κ2) is 16.9. The van der Waals surface area contributed by atoms with Gasteiger partial charge in [-0.15, -0.1) is 0 Å². The van der Waals surface area contributed by atoms with E-state index in [-0.39, 0.29) is 0 Å². The Labute approximate surface area is 409 Å². The minimum absolute atomic E-state index is 0.976. The summed E-state index contributed by atoms with van der Waals surface area (Å²) in [7, 11) is 0. The van der Waals surface area contributed by atoms with E-state index in [2.05, 4.69) is 218 Å². The van der Waals surface area contributed by atoms with Crippen LogP contribution in [-0.2, 0) is 51.4 Å². The van der Waals surface area contributed by atoms with Gasteiger partial charge in [0.25, 0.3) is 0 Å². The molecule has 0 unspecified atom stereocenters. The van der Waals surface area contributed by atoms with Crippen molar-refractivity contribution in [3.63, 3.8) is 0 Å². The van der Waals surface area contributed by atoms with Gasteiger partial charge in [0.1, 0.15) is 0 Å². The Balaban J connectivity index is 1.09. The van der Waals surface area contributed by atoms with Gasteiger partial charge in [0, 0.05) is 0 Å². The van der Waals surface area contributed by atoms with Crippen LogP contribution in [0.5, 0.6) is 0 Å². The predicted octanol–water partition coefficient (Wildman–Crippen LogP) is 18.1. The number of benzene rings is 12. The predicted molar refractivity (Wildman–Crippen MR) is 302 cm³/mol. The molecule has 0 N–H and O–H groups in total. The summed E-state index contributed by atoms with van der Waals surface area (Å²) < 4.78 is 0. The normalized spacial score (nSPS) is 12.2. The monoisotopic (exact) mass is 892 g/mol. The summed E-state index contributed by atoms with van der Waals surface area (Å²) in [6.07, 6.45) is 7.90. The average Bonchev–Trinajstić information content (AvgIpc) is 3.93. The van der Waals surface area contributed by atoms with Crippen molar-refractivity contribution in [2.45, 2.75) is 51.4 Å². The second-order valence-corrected chi connectivity index (χ2v) is 19.8. The van der Waals surface area contributed by atoms with E-state index in [9.17, 15) is 0 Å². The van der Waals surface area contributed by atoms with Crippen molar-refractivity contribution in [1.29, 1.82) is 0 Å². The Hall–Kier alpha value is -8.06. The van der Waals surface area contributed by atoms with Crippen LogP contribution in [0.2, 0.25) is 0 Å². The van der Waals surface area contributed by atoms with Crippen LogP contribution >= 0.6 is 0 Å². The van der Waals surface area contributed by atoms with E-state index >= 15 is 0 Å². The van der Waals surface area contributed by atoms with Gasteiger partial charge >= 0.3 is 0 Å². The topological polar surface area (TPSA) is 0 Å². The van der Waals surface area contributed by atoms with E-state index in [1.54, 1.807) is 0 Å². The van der Waals surface area contributed by atoms with Crippen LogP contribution in [0.4, 0.5) is 0 Å². The highest BCUT2D eigenvalue weighted by atomic mass is 14.3. The van der Waals surface area contributed by atoms with Crippen molar-refractivity contribution >= 4 is 97.0 Å². The van der Waals surface area contributed by atoms with Crippen LogP contribution in [0, 0.1) is 0 Å². The van der Waals surface area contributed by atoms with Crippen molar-refractivity contribution in [3.8, 4) is 0 Å². The first-order chi connectivity index (χ1) is 34.8. The van der Waals surface area contributed by atoms with E-state index in [4.69, 9.17) is 0 Å². The van der Waals surface area contributed by atoms with Crippen molar-refractivity contribution in [3.05, 3.63) is 263 Å². The molecule has 0 bridgehead atoms. The van der Waals surface area contributed by atoms with Crippen molar-refractivity contribution < 1.29 is 0 Å². The molecular weight excluding hydrogens is 841 g/mol. The van der Waals surface area contributed by atoms with Crippen molar-refractivity contribution in [2.24, 2.45) is 0 Å². The summed E-state index contributed by atoms with van der Waals surface area (Å²) in [5.74, 6) is 0. The summed E-state index contributed by atoms with van der Waals surface area (Å²) in [4.78, 5) is 0. The van der Waals surface area contributed by atoms with E-state index in [1.807, 2.05) is 0 Å². The van der Waals surface area contributed by atoms with Crippen LogP contribution in [0.3, 0.4) is 0 Å². The zero-order chi connectivity index (χ0) is 46.1. The first-order valence-electron chi connectivity index (χ1n) is 25.5. The molecule has 0 radical (unpaired) electrons. The van der Waals surface area contributed by atoms with Crippen LogP contribution < -0.4 is 0 Å². The standard InChI is InChI=1S/C70H52/c1-5-19-45(20-6-1)35-39-55-49-27-13-15-29-51(49)57(41-37-47-23-9-3-10-24-47)69-63-43-61-54-32-18-34-60-66(54)64(44-62(61)53-31-17-33-59(65(53)63)67(55)69)70-58(42-38-48-25-11-4-12-26-48)52-30-16-14-28-50(52)56(68(60)70)40-36-46-21-7-2-8-22-46/h1-34,43-44H,35-42H2. The Morgan fingerprint density at radius 3 is 0.700 bits per heavy atom. The summed E-state index contributed by atoms with van der Waals surface area (Å²) in [6.45, 7) is 0. The van der Waals surface area contributed by atoms with E-state index in [1.165, 1.54) is 141 Å². The Morgan fingerprint density at radius 2 is 0.400 bits per heavy atom. The molecule has 0 atom stereocenters. The molecular formula is C70H52. The maximum Gasteiger partial charge on any atom is -0.00197 e. The minimum Gasteiger partial charge on any atom is -0.0622 e. The lowest BCUT2D eigenvalue weighted by Crippen LogP contribution is -1.99. The SMILES string of the molecule is c1ccc(CCc2c3ccccc3c(CCc3ccccc3)c3c4cc5c(cc6c7c(CCc8ccccc8)c8ccccc8c(CCc8ccccc8)c7c7cccc5c76)c5cccc(c23)c54)cc1. The number of hydrogen-bond donors (Lipinski definition) is 0. The number of rotatable bonds is 12. The molecule has 14 rings (SSSR count). The van der Waals surface area contributed by atoms with Gasteiger partial charge in [-0.25, -0.2) is 0 Å². The molecule has 0 nitrogen and oxygen atoms in total. The summed E-state index contributed by atoms with van der Waals surface area (Å²) in [6, 6.07) is 82.7. The molecule has 0 amide bonds. The number of hydrogen-bond acceptors (Lipinski definition) is 0. The molecule has 14 aromatic carbocycles. The molecule has 0 aromatic heterocycles. The van der Waals surface area contributed by atoms with Gasteiger partial charge in [0.05, 0.1) is 0 Å². The zero-order valence-electron chi connectivity index (χ0n) is 39.4. The highest BCUT2D eigenvalue weighted by molar-refractivity contribution is 6.43. The van der Waals surface area contributed by atoms with Gasteiger partial charge in [0.15, 0.2) is 0 Å². The van der Waals surface area contributed by atoms with Crippen molar-refractivity contribution in [1.82, 2.24) is 0 Å². The van der Waals surface area contributed by atoms with Crippen LogP contribution in [-0.4, -0.2) is 0 Å². The quantitative estimate of drug-likeness (QED) is 0.107. The number of aryl methyl sites for hydroxylation is 8. The highest BCUT2D eigenvalue weighted by Crippen LogP contribution is 2.52. The lowest BCUT2D eigenvalue weighted by atomic mass is 9.87. The van der Waals surface area contributed by atoms with E-state index in [0.29, 0.717) is 0 Å². The molecule has 0 heterocycles. The van der Waals surface area contributed by atoms with Crippen molar-refractivity contribution in [2.75, 3.05) is 0 Å². The lowest BCUT2D eigenvalue weighted by Gasteiger charge is -2.16. The van der Waals surface area contributed by atoms with Gasteiger partial charge in [-0.1, -0.05) is 206 Å². The third kappa shape index (κ3) is 6.58. The van der Waals surface area contributed by atoms with E-state index in [0.717, 1.165) is 51.4 Å². The fourth-order valence-corrected chi connectivity index (χ4v) is 13.0. The summed E-state index contributed by atoms with van der Waals surface area (Å²) in [5, 5.41) is 25.3. The van der Waals surface area contributed by atoms with Crippen LogP contribution in [0.15, 0.2) is 218 Å². The van der Waals surface area contributed by atoms with Gasteiger partial charge < -0.3 is 0 Å². The number of fused-ring (bicyclic) bond motifs is 11. The minimum atomic E-state index is 0.976. The lowest BCUT2D eigenvalue weighted by molar-refractivity contribution is 0.968. The Bertz CT molecular complexity index is 3970. The smallest absolute Gasteiger partial charge is 0.00197 e. The first-order valence-corrected chi connectivity index (χ1v) is 25.5. The fourth-order valence-electron chi connectivity index (χ4n) is 13.0. The molecule has 0 aliphatic rings. The van der Waals surface area contributed by atoms with Gasteiger partial charge in [0.2, 0.25) is 0 Å². The molecule has 0 heteroatoms. The van der Waals surface area contributed by atoms with Gasteiger partial charge in [-0.2, -0.15) is 0 Å². The molecule has 0 spiro atoms. The maximum absolute atomic E-state index is 2.63. The molecule has 14 aromatic rings. The second-order valence-electron chi connectivity index (χ2n) is 19.8. The van der Waals surface area contributed by atoms with Crippen LogP contribution in [0.1, 0.15) is 44.5 Å². The molecule has 0 aliphatic carbocycles. The Morgan fingerprint density at radius 1 is 0.157 bits per heavy atom. The largest absolute Gasteiger partial charge is 0.0622 e. The molecule has 0 aliphatic heterocycles. The molecule has 332 valence electrons. The molecule has 0 saturated heterocycles. The summed E-state index contributed by atoms with van der Waals surface area (Å²) in [5.41, 5.74) is 11.5. The fraction of sp³-hybridized carbons (Fsp3) is 0.114. The zero-order valence-corrected chi connectivity index (χ0v) is 39.4. The maximum atomic E-state index is 2.63. The van der Waals surface area contributed by atoms with Crippen LogP contribution in [0.25, 0.3) is 97.0 Å². The summed E-state index contributed by atoms with van der Waals surface area (Å²) >= 11 is 0. The molecule has 0 fully saturated rings. The van der Waals surface area contributed by atoms with Gasteiger partial charge in [-0.05, 0) is 205 Å². The van der Waals surface area contributed by atoms with Gasteiger partial charge in [-0.3, -0.25) is 0 Å². The third-order valence-electron chi connectivity index (χ3n) is 16.1.